The van der Waals surface area contributed by atoms with Crippen LogP contribution in [0.4, 0.5) is 0 Å². The van der Waals surface area contributed by atoms with E-state index >= 15 is 0 Å². The van der Waals surface area contributed by atoms with Gasteiger partial charge in [0, 0.05) is 24.3 Å². The lowest BCUT2D eigenvalue weighted by molar-refractivity contribution is -0.141. The molecule has 0 fully saturated rings. The number of azide groups is 1. The van der Waals surface area contributed by atoms with E-state index in [-0.39, 0.29) is 24.9 Å². The number of ether oxygens (including phenoxy) is 1. The second kappa shape index (κ2) is 6.53. The van der Waals surface area contributed by atoms with Gasteiger partial charge in [0.15, 0.2) is 0 Å². The predicted molar refractivity (Wildman–Crippen MR) is 56.5 cm³/mol. The summed E-state index contributed by atoms with van der Waals surface area (Å²) in [6.45, 7) is 0.256. The van der Waals surface area contributed by atoms with Crippen molar-refractivity contribution in [1.29, 1.82) is 0 Å². The van der Waals surface area contributed by atoms with E-state index in [0.717, 1.165) is 5.76 Å². The second-order valence-electron chi connectivity index (χ2n) is 3.34. The average Bonchev–Trinajstić information content (AvgIpc) is 2.78. The van der Waals surface area contributed by atoms with Gasteiger partial charge in [-0.3, -0.25) is 4.79 Å². The standard InChI is InChI=1S/C10H13N3O3/c1-15-10(14)6-8(7-12-13-11)5-9-3-2-4-16-9/h2-4,8H,5-7H2,1H3. The summed E-state index contributed by atoms with van der Waals surface area (Å²) in [4.78, 5) is 13.8. The maximum atomic E-state index is 11.1. The topological polar surface area (TPSA) is 88.2 Å². The number of nitrogens with zero attached hydrogens (tertiary/aromatic N) is 3. The van der Waals surface area contributed by atoms with Crippen LogP contribution in [0, 0.1) is 5.92 Å². The van der Waals surface area contributed by atoms with Gasteiger partial charge >= 0.3 is 5.97 Å². The Morgan fingerprint density at radius 2 is 2.56 bits per heavy atom. The first-order valence-corrected chi connectivity index (χ1v) is 4.86. The first-order valence-electron chi connectivity index (χ1n) is 4.86. The van der Waals surface area contributed by atoms with Crippen LogP contribution in [-0.2, 0) is 16.0 Å². The van der Waals surface area contributed by atoms with Crippen LogP contribution in [-0.4, -0.2) is 19.6 Å². The molecule has 0 saturated carbocycles. The molecular formula is C10H13N3O3. The van der Waals surface area contributed by atoms with E-state index in [1.807, 2.05) is 6.07 Å². The lowest BCUT2D eigenvalue weighted by Gasteiger charge is -2.10. The lowest BCUT2D eigenvalue weighted by atomic mass is 10.0. The lowest BCUT2D eigenvalue weighted by Crippen LogP contribution is -2.14. The molecule has 0 aliphatic carbocycles. The Balaban J connectivity index is 2.56. The molecule has 16 heavy (non-hydrogen) atoms. The monoisotopic (exact) mass is 223 g/mol. The minimum absolute atomic E-state index is 0.0884. The third-order valence-corrected chi connectivity index (χ3v) is 2.16. The molecule has 1 aromatic heterocycles. The summed E-state index contributed by atoms with van der Waals surface area (Å²) in [5.41, 5.74) is 8.25. The number of carbonyl (C=O) groups is 1. The molecule has 6 heteroatoms. The fourth-order valence-electron chi connectivity index (χ4n) is 1.39. The van der Waals surface area contributed by atoms with Crippen LogP contribution in [0.15, 0.2) is 27.9 Å². The summed E-state index contributed by atoms with van der Waals surface area (Å²) >= 11 is 0. The fourth-order valence-corrected chi connectivity index (χ4v) is 1.39. The third kappa shape index (κ3) is 4.06. The zero-order chi connectivity index (χ0) is 11.8. The van der Waals surface area contributed by atoms with Gasteiger partial charge in [-0.05, 0) is 23.6 Å². The van der Waals surface area contributed by atoms with Gasteiger partial charge in [0.25, 0.3) is 0 Å². The molecule has 1 rings (SSSR count). The minimum atomic E-state index is -0.315. The fraction of sp³-hybridized carbons (Fsp3) is 0.500. The first-order chi connectivity index (χ1) is 7.76. The predicted octanol–water partition coefficient (Wildman–Crippen LogP) is 2.31. The van der Waals surface area contributed by atoms with E-state index in [9.17, 15) is 4.79 Å². The van der Waals surface area contributed by atoms with Crippen molar-refractivity contribution in [3.05, 3.63) is 34.6 Å². The summed E-state index contributed by atoms with van der Waals surface area (Å²) in [6.07, 6.45) is 2.34. The highest BCUT2D eigenvalue weighted by molar-refractivity contribution is 5.69. The first kappa shape index (κ1) is 12.1. The Kier molecular flexibility index (Phi) is 4.95. The summed E-state index contributed by atoms with van der Waals surface area (Å²) in [7, 11) is 1.33. The molecule has 0 radical (unpaired) electrons. The Bertz CT molecular complexity index is 369. The van der Waals surface area contributed by atoms with Crippen molar-refractivity contribution in [3.63, 3.8) is 0 Å². The highest BCUT2D eigenvalue weighted by atomic mass is 16.5. The largest absolute Gasteiger partial charge is 0.469 e. The van der Waals surface area contributed by atoms with Gasteiger partial charge in [-0.2, -0.15) is 0 Å². The van der Waals surface area contributed by atoms with Crippen LogP contribution >= 0.6 is 0 Å². The normalized spacial score (nSPS) is 11.6. The summed E-state index contributed by atoms with van der Waals surface area (Å²) in [5.74, 6) is 0.362. The molecule has 0 spiro atoms. The zero-order valence-corrected chi connectivity index (χ0v) is 9.00. The molecule has 0 N–H and O–H groups in total. The number of hydrogen-bond acceptors (Lipinski definition) is 4. The number of carbonyl (C=O) groups excluding carboxylic acids is 1. The van der Waals surface area contributed by atoms with Crippen LogP contribution in [0.25, 0.3) is 10.4 Å². The quantitative estimate of drug-likeness (QED) is 0.321. The Morgan fingerprint density at radius 1 is 1.75 bits per heavy atom. The minimum Gasteiger partial charge on any atom is -0.469 e. The van der Waals surface area contributed by atoms with Crippen LogP contribution in [0.1, 0.15) is 12.2 Å². The summed E-state index contributed by atoms with van der Waals surface area (Å²) in [6, 6.07) is 3.60. The number of furan rings is 1. The van der Waals surface area contributed by atoms with Crippen LogP contribution < -0.4 is 0 Å². The second-order valence-corrected chi connectivity index (χ2v) is 3.34. The molecule has 0 aliphatic heterocycles. The third-order valence-electron chi connectivity index (χ3n) is 2.16. The van der Waals surface area contributed by atoms with Gasteiger partial charge in [-0.1, -0.05) is 5.11 Å². The van der Waals surface area contributed by atoms with Crippen molar-refractivity contribution in [2.45, 2.75) is 12.8 Å². The molecule has 0 aliphatic rings. The van der Waals surface area contributed by atoms with Crippen molar-refractivity contribution >= 4 is 5.97 Å². The van der Waals surface area contributed by atoms with Gasteiger partial charge in [0.2, 0.25) is 0 Å². The maximum absolute atomic E-state index is 11.1. The SMILES string of the molecule is COC(=O)CC(CN=[N+]=[N-])Cc1ccco1. The van der Waals surface area contributed by atoms with Crippen molar-refractivity contribution < 1.29 is 13.9 Å². The van der Waals surface area contributed by atoms with E-state index in [0.29, 0.717) is 6.42 Å². The molecule has 1 atom stereocenters. The van der Waals surface area contributed by atoms with Gasteiger partial charge in [-0.25, -0.2) is 0 Å². The van der Waals surface area contributed by atoms with E-state index in [2.05, 4.69) is 14.8 Å². The van der Waals surface area contributed by atoms with Crippen LogP contribution in [0.2, 0.25) is 0 Å². The average molecular weight is 223 g/mol. The van der Waals surface area contributed by atoms with Gasteiger partial charge in [0.1, 0.15) is 5.76 Å². The molecule has 0 bridgehead atoms. The van der Waals surface area contributed by atoms with E-state index < -0.39 is 0 Å². The number of hydrogen-bond donors (Lipinski definition) is 0. The van der Waals surface area contributed by atoms with Crippen molar-refractivity contribution in [2.75, 3.05) is 13.7 Å². The van der Waals surface area contributed by atoms with E-state index in [4.69, 9.17) is 9.95 Å². The van der Waals surface area contributed by atoms with Gasteiger partial charge < -0.3 is 9.15 Å². The van der Waals surface area contributed by atoms with E-state index in [1.165, 1.54) is 7.11 Å². The molecule has 0 saturated heterocycles. The van der Waals surface area contributed by atoms with Crippen molar-refractivity contribution in [1.82, 2.24) is 0 Å². The Hall–Kier alpha value is -1.94. The summed E-state index contributed by atoms with van der Waals surface area (Å²) in [5, 5.41) is 3.47. The Morgan fingerprint density at radius 3 is 3.12 bits per heavy atom. The molecule has 1 heterocycles. The van der Waals surface area contributed by atoms with Crippen molar-refractivity contribution in [3.8, 4) is 0 Å². The molecule has 0 amide bonds. The maximum Gasteiger partial charge on any atom is 0.305 e. The molecule has 6 nitrogen and oxygen atoms in total. The Labute approximate surface area is 92.8 Å². The molecule has 1 unspecified atom stereocenters. The number of methoxy groups -OCH3 is 1. The van der Waals surface area contributed by atoms with Gasteiger partial charge in [-0.15, -0.1) is 0 Å². The number of esters is 1. The van der Waals surface area contributed by atoms with Crippen molar-refractivity contribution in [2.24, 2.45) is 11.0 Å². The summed E-state index contributed by atoms with van der Waals surface area (Å²) < 4.78 is 9.75. The van der Waals surface area contributed by atoms with Crippen LogP contribution in [0.5, 0.6) is 0 Å². The highest BCUT2D eigenvalue weighted by Gasteiger charge is 2.15. The molecule has 86 valence electrons. The molecular weight excluding hydrogens is 210 g/mol. The smallest absolute Gasteiger partial charge is 0.305 e. The van der Waals surface area contributed by atoms with E-state index in [1.54, 1.807) is 12.3 Å². The molecule has 1 aromatic rings. The number of rotatable bonds is 6. The highest BCUT2D eigenvalue weighted by Crippen LogP contribution is 2.14. The zero-order valence-electron chi connectivity index (χ0n) is 9.00. The van der Waals surface area contributed by atoms with Crippen LogP contribution in [0.3, 0.4) is 0 Å². The molecule has 0 aromatic carbocycles. The van der Waals surface area contributed by atoms with Gasteiger partial charge in [0.05, 0.1) is 13.4 Å².